The van der Waals surface area contributed by atoms with E-state index < -0.39 is 17.9 Å². The number of carboxylic acid groups (broad SMARTS) is 1. The van der Waals surface area contributed by atoms with E-state index in [-0.39, 0.29) is 41.5 Å². The Morgan fingerprint density at radius 1 is 1.05 bits per heavy atom. The third-order valence-electron chi connectivity index (χ3n) is 10.3. The second-order valence-electron chi connectivity index (χ2n) is 13.1. The first-order chi connectivity index (χ1) is 19.6. The minimum absolute atomic E-state index is 0.0621. The lowest BCUT2D eigenvalue weighted by Crippen LogP contribution is -2.48. The van der Waals surface area contributed by atoms with Crippen LogP contribution in [0, 0.1) is 36.4 Å². The molecule has 0 bridgehead atoms. The fourth-order valence-electron chi connectivity index (χ4n) is 7.49. The van der Waals surface area contributed by atoms with Gasteiger partial charge >= 0.3 is 5.97 Å². The molecule has 1 N–H and O–H groups in total. The van der Waals surface area contributed by atoms with Crippen molar-refractivity contribution >= 4 is 5.97 Å². The van der Waals surface area contributed by atoms with Gasteiger partial charge in [0.2, 0.25) is 0 Å². The summed E-state index contributed by atoms with van der Waals surface area (Å²) in [5.74, 6) is -2.76. The minimum atomic E-state index is -2.81. The monoisotopic (exact) mass is 570 g/mol. The maximum absolute atomic E-state index is 14.8. The Bertz CT molecular complexity index is 1160. The van der Waals surface area contributed by atoms with E-state index in [4.69, 9.17) is 0 Å². The molecule has 2 aliphatic heterocycles. The van der Waals surface area contributed by atoms with Crippen molar-refractivity contribution in [2.45, 2.75) is 76.7 Å². The zero-order valence-electron chi connectivity index (χ0n) is 24.5. The summed E-state index contributed by atoms with van der Waals surface area (Å²) in [7, 11) is 0. The van der Waals surface area contributed by atoms with Gasteiger partial charge in [0.25, 0.3) is 5.92 Å². The van der Waals surface area contributed by atoms with E-state index in [0.717, 1.165) is 56.4 Å². The predicted molar refractivity (Wildman–Crippen MR) is 156 cm³/mol. The molecule has 0 radical (unpaired) electrons. The number of benzene rings is 2. The number of rotatable bonds is 11. The van der Waals surface area contributed by atoms with Gasteiger partial charge in [0.1, 0.15) is 11.9 Å². The van der Waals surface area contributed by atoms with Crippen LogP contribution in [0.15, 0.2) is 48.5 Å². The largest absolute Gasteiger partial charge is 0.480 e. The normalized spacial score (nSPS) is 24.7. The van der Waals surface area contributed by atoms with Crippen LogP contribution >= 0.6 is 0 Å². The van der Waals surface area contributed by atoms with Crippen LogP contribution in [0.1, 0.15) is 74.5 Å². The lowest BCUT2D eigenvalue weighted by atomic mass is 9.73. The first-order valence-electron chi connectivity index (χ1n) is 15.5. The fourth-order valence-corrected chi connectivity index (χ4v) is 7.49. The molecule has 2 aromatic carbocycles. The van der Waals surface area contributed by atoms with E-state index in [1.54, 1.807) is 36.4 Å². The summed E-state index contributed by atoms with van der Waals surface area (Å²) in [4.78, 5) is 17.0. The SMILES string of the molecule is Cc1ccc(C(F)(F)CCC2CCN(CC3CN(C(C(=O)O)C(C)C4CCC4)CC3c3cccc(F)c3)CC2)cc1. The third-order valence-corrected chi connectivity index (χ3v) is 10.3. The maximum atomic E-state index is 14.8. The Balaban J connectivity index is 1.20. The fraction of sp³-hybridized carbons (Fsp3) is 0.618. The molecule has 2 aromatic rings. The number of aliphatic carboxylic acids is 1. The van der Waals surface area contributed by atoms with Crippen molar-refractivity contribution in [2.24, 2.45) is 23.7 Å². The lowest BCUT2D eigenvalue weighted by molar-refractivity contribution is -0.146. The summed E-state index contributed by atoms with van der Waals surface area (Å²) < 4.78 is 43.9. The first-order valence-corrected chi connectivity index (χ1v) is 15.5. The molecule has 224 valence electrons. The van der Waals surface area contributed by atoms with Crippen molar-refractivity contribution in [1.82, 2.24) is 9.80 Å². The van der Waals surface area contributed by atoms with E-state index in [9.17, 15) is 23.1 Å². The van der Waals surface area contributed by atoms with Crippen LogP contribution in [0.3, 0.4) is 0 Å². The number of alkyl halides is 2. The summed E-state index contributed by atoms with van der Waals surface area (Å²) in [6, 6.07) is 12.8. The highest BCUT2D eigenvalue weighted by atomic mass is 19.3. The highest BCUT2D eigenvalue weighted by Crippen LogP contribution is 2.41. The first kappa shape index (κ1) is 30.1. The molecule has 1 saturated carbocycles. The van der Waals surface area contributed by atoms with Gasteiger partial charge in [-0.05, 0) is 80.6 Å². The predicted octanol–water partition coefficient (Wildman–Crippen LogP) is 7.32. The number of aryl methyl sites for hydroxylation is 1. The van der Waals surface area contributed by atoms with Crippen molar-refractivity contribution in [1.29, 1.82) is 0 Å². The molecule has 4 nitrogen and oxygen atoms in total. The number of hydrogen-bond donors (Lipinski definition) is 1. The lowest BCUT2D eigenvalue weighted by Gasteiger charge is -2.38. The minimum Gasteiger partial charge on any atom is -0.480 e. The van der Waals surface area contributed by atoms with Crippen LogP contribution in [-0.2, 0) is 10.7 Å². The number of carboxylic acids is 1. The molecule has 3 aliphatic rings. The molecule has 3 fully saturated rings. The topological polar surface area (TPSA) is 43.8 Å². The number of piperidine rings is 1. The van der Waals surface area contributed by atoms with Crippen LogP contribution in [-0.4, -0.2) is 59.6 Å². The van der Waals surface area contributed by atoms with Gasteiger partial charge in [-0.15, -0.1) is 0 Å². The summed E-state index contributed by atoms with van der Waals surface area (Å²) in [6.07, 6.45) is 5.54. The number of likely N-dealkylation sites (tertiary alicyclic amines) is 2. The number of halogens is 3. The highest BCUT2D eigenvalue weighted by molar-refractivity contribution is 5.74. The van der Waals surface area contributed by atoms with Crippen LogP contribution in [0.2, 0.25) is 0 Å². The third kappa shape index (κ3) is 7.16. The number of carbonyl (C=O) groups is 1. The van der Waals surface area contributed by atoms with E-state index in [1.165, 1.54) is 12.5 Å². The highest BCUT2D eigenvalue weighted by Gasteiger charge is 2.44. The van der Waals surface area contributed by atoms with Gasteiger partial charge in [-0.1, -0.05) is 68.1 Å². The van der Waals surface area contributed by atoms with Crippen LogP contribution in [0.4, 0.5) is 13.2 Å². The van der Waals surface area contributed by atoms with E-state index >= 15 is 0 Å². The Labute approximate surface area is 242 Å². The Kier molecular flexibility index (Phi) is 9.44. The summed E-state index contributed by atoms with van der Waals surface area (Å²) in [5.41, 5.74) is 2.01. The van der Waals surface area contributed by atoms with Crippen LogP contribution < -0.4 is 0 Å². The Morgan fingerprint density at radius 2 is 1.76 bits per heavy atom. The second kappa shape index (κ2) is 12.9. The van der Waals surface area contributed by atoms with E-state index in [2.05, 4.69) is 16.7 Å². The van der Waals surface area contributed by atoms with Gasteiger partial charge in [-0.2, -0.15) is 0 Å². The van der Waals surface area contributed by atoms with Crippen molar-refractivity contribution in [2.75, 3.05) is 32.7 Å². The van der Waals surface area contributed by atoms with E-state index in [0.29, 0.717) is 25.4 Å². The van der Waals surface area contributed by atoms with Gasteiger partial charge in [-0.25, -0.2) is 13.2 Å². The Morgan fingerprint density at radius 3 is 2.37 bits per heavy atom. The standard InChI is InChI=1S/C34H45F3N2O2/c1-23-9-11-29(12-10-23)34(36,37)16-13-25-14-17-38(18-15-25)20-28-21-39(22-31(28)27-7-4-8-30(35)19-27)32(33(40)41)24(2)26-5-3-6-26/h4,7-12,19,24-26,28,31-32H,3,5-6,13-18,20-22H2,1-2H3,(H,40,41). The van der Waals surface area contributed by atoms with Gasteiger partial charge < -0.3 is 10.0 Å². The molecule has 0 spiro atoms. The summed E-state index contributed by atoms with van der Waals surface area (Å²) in [6.45, 7) is 7.81. The molecule has 41 heavy (non-hydrogen) atoms. The number of hydrogen-bond acceptors (Lipinski definition) is 3. The zero-order chi connectivity index (χ0) is 29.1. The van der Waals surface area contributed by atoms with Crippen molar-refractivity contribution in [3.8, 4) is 0 Å². The van der Waals surface area contributed by atoms with Gasteiger partial charge in [0.05, 0.1) is 0 Å². The molecule has 7 heteroatoms. The molecular weight excluding hydrogens is 525 g/mol. The molecular formula is C34H45F3N2O2. The quantitative estimate of drug-likeness (QED) is 0.307. The van der Waals surface area contributed by atoms with Gasteiger partial charge in [0.15, 0.2) is 0 Å². The summed E-state index contributed by atoms with van der Waals surface area (Å²) >= 11 is 0. The molecule has 0 amide bonds. The van der Waals surface area contributed by atoms with Crippen LogP contribution in [0.5, 0.6) is 0 Å². The molecule has 4 atom stereocenters. The average Bonchev–Trinajstić information content (AvgIpc) is 3.30. The van der Waals surface area contributed by atoms with Crippen molar-refractivity contribution in [3.05, 3.63) is 71.0 Å². The van der Waals surface area contributed by atoms with Crippen molar-refractivity contribution < 1.29 is 23.1 Å². The smallest absolute Gasteiger partial charge is 0.321 e. The zero-order valence-corrected chi connectivity index (χ0v) is 24.5. The van der Waals surface area contributed by atoms with Gasteiger partial charge in [0, 0.05) is 37.5 Å². The van der Waals surface area contributed by atoms with Crippen LogP contribution in [0.25, 0.3) is 0 Å². The molecule has 4 unspecified atom stereocenters. The second-order valence-corrected chi connectivity index (χ2v) is 13.1. The number of nitrogens with zero attached hydrogens (tertiary/aromatic N) is 2. The molecule has 2 heterocycles. The van der Waals surface area contributed by atoms with Gasteiger partial charge in [-0.3, -0.25) is 9.69 Å². The molecule has 5 rings (SSSR count). The van der Waals surface area contributed by atoms with E-state index in [1.807, 2.05) is 13.0 Å². The maximum Gasteiger partial charge on any atom is 0.321 e. The van der Waals surface area contributed by atoms with Crippen molar-refractivity contribution in [3.63, 3.8) is 0 Å². The molecule has 2 saturated heterocycles. The molecule has 0 aromatic heterocycles. The average molecular weight is 571 g/mol. The summed E-state index contributed by atoms with van der Waals surface area (Å²) in [5, 5.41) is 10.2. The molecule has 1 aliphatic carbocycles. The Hall–Kier alpha value is -2.38.